The largest absolute Gasteiger partial charge is 0.312 e. The summed E-state index contributed by atoms with van der Waals surface area (Å²) in [6, 6.07) is 5.55. The monoisotopic (exact) mass is 370 g/mol. The van der Waals surface area contributed by atoms with Gasteiger partial charge in [0.1, 0.15) is 0 Å². The number of hydrogen-bond acceptors (Lipinski definition) is 3. The van der Waals surface area contributed by atoms with Gasteiger partial charge in [-0.2, -0.15) is 0 Å². The van der Waals surface area contributed by atoms with Gasteiger partial charge in [0.25, 0.3) is 10.0 Å². The molecule has 1 aliphatic rings. The molecule has 0 saturated carbocycles. The summed E-state index contributed by atoms with van der Waals surface area (Å²) in [4.78, 5) is 12.9. The third kappa shape index (κ3) is 3.07. The lowest BCUT2D eigenvalue weighted by molar-refractivity contribution is -0.116. The van der Waals surface area contributed by atoms with Crippen LogP contribution in [0, 0.1) is 17.5 Å². The lowest BCUT2D eigenvalue weighted by atomic mass is 10.2. The van der Waals surface area contributed by atoms with Gasteiger partial charge in [0.15, 0.2) is 17.5 Å². The zero-order valence-electron chi connectivity index (χ0n) is 13.0. The molecule has 0 atom stereocenters. The van der Waals surface area contributed by atoms with E-state index in [0.717, 1.165) is 6.07 Å². The molecule has 1 amide bonds. The summed E-state index contributed by atoms with van der Waals surface area (Å²) >= 11 is 0. The molecule has 0 aromatic heterocycles. The van der Waals surface area contributed by atoms with E-state index in [9.17, 15) is 26.4 Å². The van der Waals surface area contributed by atoms with Crippen LogP contribution in [-0.4, -0.2) is 20.9 Å². The molecular formula is C16H13F3N2O3S. The fourth-order valence-corrected chi connectivity index (χ4v) is 3.79. The van der Waals surface area contributed by atoms with Crippen LogP contribution >= 0.6 is 0 Å². The highest BCUT2D eigenvalue weighted by Crippen LogP contribution is 2.31. The number of sulfonamides is 1. The van der Waals surface area contributed by atoms with Crippen molar-refractivity contribution in [1.29, 1.82) is 0 Å². The highest BCUT2D eigenvalue weighted by Gasteiger charge is 2.25. The van der Waals surface area contributed by atoms with E-state index in [1.807, 2.05) is 4.72 Å². The van der Waals surface area contributed by atoms with Crippen LogP contribution in [0.5, 0.6) is 0 Å². The van der Waals surface area contributed by atoms with E-state index < -0.39 is 33.2 Å². The minimum absolute atomic E-state index is 0.156. The molecule has 25 heavy (non-hydrogen) atoms. The highest BCUT2D eigenvalue weighted by atomic mass is 32.2. The first-order chi connectivity index (χ1) is 11.7. The molecule has 1 heterocycles. The molecule has 0 unspecified atom stereocenters. The molecule has 5 nitrogen and oxygen atoms in total. The number of halogens is 3. The lowest BCUT2D eigenvalue weighted by Gasteiger charge is -2.15. The van der Waals surface area contributed by atoms with E-state index in [2.05, 4.69) is 0 Å². The Kier molecular flexibility index (Phi) is 4.19. The minimum atomic E-state index is -4.21. The fourth-order valence-electron chi connectivity index (χ4n) is 2.68. The van der Waals surface area contributed by atoms with Gasteiger partial charge in [-0.25, -0.2) is 21.6 Å². The third-order valence-electron chi connectivity index (χ3n) is 3.92. The Hall–Kier alpha value is -2.55. The van der Waals surface area contributed by atoms with E-state index >= 15 is 0 Å². The fraction of sp³-hybridized carbons (Fsp3) is 0.188. The predicted octanol–water partition coefficient (Wildman–Crippen LogP) is 2.81. The zero-order valence-corrected chi connectivity index (χ0v) is 13.8. The van der Waals surface area contributed by atoms with Crippen molar-refractivity contribution in [3.8, 4) is 0 Å². The van der Waals surface area contributed by atoms with Crippen LogP contribution in [0.4, 0.5) is 24.5 Å². The molecule has 2 aromatic carbocycles. The molecule has 3 rings (SSSR count). The summed E-state index contributed by atoms with van der Waals surface area (Å²) in [5, 5.41) is 0. The van der Waals surface area contributed by atoms with Crippen molar-refractivity contribution in [3.63, 3.8) is 0 Å². The van der Waals surface area contributed by atoms with Crippen LogP contribution in [0.25, 0.3) is 0 Å². The molecule has 0 saturated heterocycles. The molecule has 0 fully saturated rings. The van der Waals surface area contributed by atoms with Crippen LogP contribution in [0.3, 0.4) is 0 Å². The van der Waals surface area contributed by atoms with Crippen LogP contribution in [-0.2, 0) is 21.2 Å². The zero-order chi connectivity index (χ0) is 18.4. The molecule has 1 aliphatic heterocycles. The molecule has 0 aliphatic carbocycles. The van der Waals surface area contributed by atoms with Crippen LogP contribution < -0.4 is 9.62 Å². The van der Waals surface area contributed by atoms with Crippen LogP contribution in [0.2, 0.25) is 0 Å². The first-order valence-corrected chi connectivity index (χ1v) is 8.76. The molecule has 0 radical (unpaired) electrons. The molecule has 0 spiro atoms. The first kappa shape index (κ1) is 17.3. The van der Waals surface area contributed by atoms with Crippen molar-refractivity contribution < 1.29 is 26.4 Å². The molecular weight excluding hydrogens is 357 g/mol. The average Bonchev–Trinajstić information content (AvgIpc) is 2.99. The van der Waals surface area contributed by atoms with Gasteiger partial charge < -0.3 is 4.90 Å². The second-order valence-electron chi connectivity index (χ2n) is 5.54. The maximum Gasteiger partial charge on any atom is 0.261 e. The Morgan fingerprint density at radius 1 is 1.12 bits per heavy atom. The Balaban J connectivity index is 1.94. The summed E-state index contributed by atoms with van der Waals surface area (Å²) < 4.78 is 66.6. The second-order valence-corrected chi connectivity index (χ2v) is 7.22. The standard InChI is InChI=1S/C16H13F3N2O3S/c1-9(22)21-7-6-10-8-11(2-5-14(10)21)25(23,24)20-13-4-3-12(17)15(18)16(13)19/h2-5,8,20H,6-7H2,1H3. The SMILES string of the molecule is CC(=O)N1CCc2cc(S(=O)(=O)Nc3ccc(F)c(F)c3F)ccc21. The maximum absolute atomic E-state index is 13.7. The van der Waals surface area contributed by atoms with E-state index in [4.69, 9.17) is 0 Å². The van der Waals surface area contributed by atoms with Crippen molar-refractivity contribution in [2.45, 2.75) is 18.2 Å². The Morgan fingerprint density at radius 2 is 1.84 bits per heavy atom. The Morgan fingerprint density at radius 3 is 2.52 bits per heavy atom. The van der Waals surface area contributed by atoms with Crippen molar-refractivity contribution in [3.05, 3.63) is 53.3 Å². The van der Waals surface area contributed by atoms with Crippen molar-refractivity contribution in [2.24, 2.45) is 0 Å². The van der Waals surface area contributed by atoms with Gasteiger partial charge in [-0.05, 0) is 42.3 Å². The van der Waals surface area contributed by atoms with Crippen LogP contribution in [0.1, 0.15) is 12.5 Å². The van der Waals surface area contributed by atoms with Gasteiger partial charge >= 0.3 is 0 Å². The predicted molar refractivity (Wildman–Crippen MR) is 85.3 cm³/mol. The number of carbonyl (C=O) groups excluding carboxylic acids is 1. The summed E-state index contributed by atoms with van der Waals surface area (Å²) in [5.41, 5.74) is 0.582. The van der Waals surface area contributed by atoms with Crippen molar-refractivity contribution >= 4 is 27.3 Å². The van der Waals surface area contributed by atoms with E-state index in [-0.39, 0.29) is 10.8 Å². The van der Waals surface area contributed by atoms with Gasteiger partial charge in [-0.1, -0.05) is 0 Å². The number of benzene rings is 2. The number of rotatable bonds is 3. The Labute approximate surface area is 142 Å². The number of amides is 1. The lowest BCUT2D eigenvalue weighted by Crippen LogP contribution is -2.25. The number of nitrogens with one attached hydrogen (secondary N) is 1. The molecule has 9 heteroatoms. The highest BCUT2D eigenvalue weighted by molar-refractivity contribution is 7.92. The van der Waals surface area contributed by atoms with E-state index in [1.54, 1.807) is 0 Å². The molecule has 1 N–H and O–H groups in total. The normalized spacial score (nSPS) is 13.7. The van der Waals surface area contributed by atoms with Gasteiger partial charge in [-0.15, -0.1) is 0 Å². The quantitative estimate of drug-likeness (QED) is 0.845. The van der Waals surface area contributed by atoms with Crippen LogP contribution in [0.15, 0.2) is 35.2 Å². The van der Waals surface area contributed by atoms with Gasteiger partial charge in [0.05, 0.1) is 10.6 Å². The Bertz CT molecular complexity index is 977. The number of hydrogen-bond donors (Lipinski definition) is 1. The van der Waals surface area contributed by atoms with Gasteiger partial charge in [-0.3, -0.25) is 9.52 Å². The number of carbonyl (C=O) groups is 1. The van der Waals surface area contributed by atoms with Gasteiger partial charge in [0, 0.05) is 19.2 Å². The summed E-state index contributed by atoms with van der Waals surface area (Å²) in [6.45, 7) is 1.85. The average molecular weight is 370 g/mol. The van der Waals surface area contributed by atoms with Gasteiger partial charge in [0.2, 0.25) is 5.91 Å². The third-order valence-corrected chi connectivity index (χ3v) is 5.28. The topological polar surface area (TPSA) is 66.5 Å². The van der Waals surface area contributed by atoms with E-state index in [0.29, 0.717) is 30.3 Å². The number of fused-ring (bicyclic) bond motifs is 1. The molecule has 132 valence electrons. The van der Waals surface area contributed by atoms with Crippen molar-refractivity contribution in [2.75, 3.05) is 16.2 Å². The smallest absolute Gasteiger partial charge is 0.261 e. The minimum Gasteiger partial charge on any atom is -0.312 e. The maximum atomic E-state index is 13.7. The number of anilines is 2. The van der Waals surface area contributed by atoms with E-state index in [1.165, 1.54) is 30.0 Å². The molecule has 0 bridgehead atoms. The summed E-state index contributed by atoms with van der Waals surface area (Å²) in [7, 11) is -4.21. The summed E-state index contributed by atoms with van der Waals surface area (Å²) in [5.74, 6) is -4.95. The first-order valence-electron chi connectivity index (χ1n) is 7.28. The number of nitrogens with zero attached hydrogens (tertiary/aromatic N) is 1. The molecule has 2 aromatic rings. The van der Waals surface area contributed by atoms with Crippen molar-refractivity contribution in [1.82, 2.24) is 0 Å². The summed E-state index contributed by atoms with van der Waals surface area (Å²) in [6.07, 6.45) is 0.484. The second kappa shape index (κ2) is 6.07.